The lowest BCUT2D eigenvalue weighted by Crippen LogP contribution is -2.22. The molecule has 0 unspecified atom stereocenters. The topological polar surface area (TPSA) is 49.3 Å². The first-order valence-electron chi connectivity index (χ1n) is 5.80. The largest absolute Gasteiger partial charge is 0.507 e. The Bertz CT molecular complexity index is 602. The van der Waals surface area contributed by atoms with Crippen molar-refractivity contribution in [1.29, 1.82) is 0 Å². The lowest BCUT2D eigenvalue weighted by molar-refractivity contribution is 0.0948. The molecule has 1 aromatic carbocycles. The van der Waals surface area contributed by atoms with E-state index in [0.717, 1.165) is 4.88 Å². The van der Waals surface area contributed by atoms with E-state index in [0.29, 0.717) is 11.6 Å². The van der Waals surface area contributed by atoms with Crippen LogP contribution in [0, 0.1) is 13.8 Å². The standard InChI is InChI=1S/C14H14ClNO2S/c1-8-5-11(19-9(8)2)7-16-14(18)12-6-10(15)3-4-13(12)17/h3-6,17H,7H2,1-2H3,(H,16,18). The van der Waals surface area contributed by atoms with Gasteiger partial charge in [-0.25, -0.2) is 0 Å². The molecule has 0 saturated carbocycles. The quantitative estimate of drug-likeness (QED) is 0.908. The fourth-order valence-electron chi connectivity index (χ4n) is 1.69. The Morgan fingerprint density at radius 2 is 2.11 bits per heavy atom. The van der Waals surface area contributed by atoms with Crippen molar-refractivity contribution in [2.45, 2.75) is 20.4 Å². The van der Waals surface area contributed by atoms with Crippen LogP contribution in [0.5, 0.6) is 5.75 Å². The molecule has 2 aromatic rings. The highest BCUT2D eigenvalue weighted by atomic mass is 35.5. The van der Waals surface area contributed by atoms with Crippen LogP contribution in [0.15, 0.2) is 24.3 Å². The number of phenols is 1. The van der Waals surface area contributed by atoms with E-state index in [1.54, 1.807) is 17.4 Å². The van der Waals surface area contributed by atoms with Crippen LogP contribution in [0.2, 0.25) is 5.02 Å². The van der Waals surface area contributed by atoms with E-state index < -0.39 is 0 Å². The number of nitrogens with one attached hydrogen (secondary N) is 1. The van der Waals surface area contributed by atoms with Gasteiger partial charge >= 0.3 is 0 Å². The molecule has 0 atom stereocenters. The summed E-state index contributed by atoms with van der Waals surface area (Å²) in [5.74, 6) is -0.399. The molecule has 0 aliphatic rings. The van der Waals surface area contributed by atoms with Gasteiger partial charge in [0.15, 0.2) is 0 Å². The number of halogens is 1. The summed E-state index contributed by atoms with van der Waals surface area (Å²) in [6, 6.07) is 6.46. The second-order valence-corrected chi connectivity index (χ2v) is 6.07. The van der Waals surface area contributed by atoms with Gasteiger partial charge in [-0.2, -0.15) is 0 Å². The molecule has 0 radical (unpaired) electrons. The Balaban J connectivity index is 2.07. The third-order valence-corrected chi connectivity index (χ3v) is 4.23. The molecular weight excluding hydrogens is 282 g/mol. The highest BCUT2D eigenvalue weighted by molar-refractivity contribution is 7.12. The predicted octanol–water partition coefficient (Wildman–Crippen LogP) is 3.65. The molecule has 1 amide bonds. The van der Waals surface area contributed by atoms with Gasteiger partial charge in [0.05, 0.1) is 12.1 Å². The maximum Gasteiger partial charge on any atom is 0.255 e. The molecule has 5 heteroatoms. The molecule has 0 saturated heterocycles. The zero-order valence-electron chi connectivity index (χ0n) is 10.7. The van der Waals surface area contributed by atoms with E-state index in [-0.39, 0.29) is 17.2 Å². The van der Waals surface area contributed by atoms with Crippen molar-refractivity contribution in [3.8, 4) is 5.75 Å². The number of aromatic hydroxyl groups is 1. The fourth-order valence-corrected chi connectivity index (χ4v) is 2.85. The van der Waals surface area contributed by atoms with Crippen molar-refractivity contribution in [3.63, 3.8) is 0 Å². The number of benzene rings is 1. The predicted molar refractivity (Wildman–Crippen MR) is 78.1 cm³/mol. The highest BCUT2D eigenvalue weighted by Crippen LogP contribution is 2.23. The summed E-state index contributed by atoms with van der Waals surface area (Å²) in [6.45, 7) is 4.54. The van der Waals surface area contributed by atoms with Gasteiger partial charge < -0.3 is 10.4 Å². The summed E-state index contributed by atoms with van der Waals surface area (Å²) in [5.41, 5.74) is 1.41. The summed E-state index contributed by atoms with van der Waals surface area (Å²) in [5, 5.41) is 12.8. The van der Waals surface area contributed by atoms with Crippen molar-refractivity contribution >= 4 is 28.8 Å². The Hall–Kier alpha value is -1.52. The molecule has 0 bridgehead atoms. The molecule has 0 aliphatic carbocycles. The van der Waals surface area contributed by atoms with Crippen LogP contribution in [0.3, 0.4) is 0 Å². The van der Waals surface area contributed by atoms with Crippen LogP contribution in [0.25, 0.3) is 0 Å². The van der Waals surface area contributed by atoms with Crippen molar-refractivity contribution in [1.82, 2.24) is 5.32 Å². The normalized spacial score (nSPS) is 10.5. The van der Waals surface area contributed by atoms with Crippen LogP contribution < -0.4 is 5.32 Å². The van der Waals surface area contributed by atoms with Crippen LogP contribution in [-0.2, 0) is 6.54 Å². The third-order valence-electron chi connectivity index (χ3n) is 2.84. The first kappa shape index (κ1) is 13.9. The zero-order valence-corrected chi connectivity index (χ0v) is 12.2. The number of carbonyl (C=O) groups excluding carboxylic acids is 1. The number of rotatable bonds is 3. The zero-order chi connectivity index (χ0) is 14.0. The first-order valence-corrected chi connectivity index (χ1v) is 6.99. The van der Waals surface area contributed by atoms with Crippen molar-refractivity contribution in [2.24, 2.45) is 0 Å². The van der Waals surface area contributed by atoms with Gasteiger partial charge in [0, 0.05) is 14.8 Å². The molecule has 3 nitrogen and oxygen atoms in total. The molecule has 2 N–H and O–H groups in total. The first-order chi connectivity index (χ1) is 8.97. The highest BCUT2D eigenvalue weighted by Gasteiger charge is 2.12. The second-order valence-electron chi connectivity index (χ2n) is 4.30. The van der Waals surface area contributed by atoms with Crippen LogP contribution in [-0.4, -0.2) is 11.0 Å². The molecule has 19 heavy (non-hydrogen) atoms. The molecule has 0 spiro atoms. The maximum atomic E-state index is 12.0. The van der Waals surface area contributed by atoms with Gasteiger partial charge in [-0.1, -0.05) is 11.6 Å². The summed E-state index contributed by atoms with van der Waals surface area (Å²) in [7, 11) is 0. The second kappa shape index (κ2) is 5.63. The summed E-state index contributed by atoms with van der Waals surface area (Å²) >= 11 is 7.47. The number of hydrogen-bond donors (Lipinski definition) is 2. The number of phenolic OH excluding ortho intramolecular Hbond substituents is 1. The molecule has 0 aliphatic heterocycles. The molecule has 1 heterocycles. The summed E-state index contributed by atoms with van der Waals surface area (Å²) < 4.78 is 0. The van der Waals surface area contributed by atoms with E-state index in [1.165, 1.54) is 22.6 Å². The van der Waals surface area contributed by atoms with Gasteiger partial charge in [-0.05, 0) is 43.7 Å². The van der Waals surface area contributed by atoms with E-state index in [9.17, 15) is 9.90 Å². The smallest absolute Gasteiger partial charge is 0.255 e. The lowest BCUT2D eigenvalue weighted by Gasteiger charge is -2.06. The Labute approximate surface area is 120 Å². The van der Waals surface area contributed by atoms with Crippen molar-refractivity contribution in [2.75, 3.05) is 0 Å². The number of hydrogen-bond acceptors (Lipinski definition) is 3. The summed E-state index contributed by atoms with van der Waals surface area (Å²) in [4.78, 5) is 14.3. The van der Waals surface area contributed by atoms with E-state index in [4.69, 9.17) is 11.6 Å². The van der Waals surface area contributed by atoms with Crippen LogP contribution in [0.4, 0.5) is 0 Å². The van der Waals surface area contributed by atoms with E-state index >= 15 is 0 Å². The minimum Gasteiger partial charge on any atom is -0.507 e. The summed E-state index contributed by atoms with van der Waals surface area (Å²) in [6.07, 6.45) is 0. The number of thiophene rings is 1. The molecule has 1 aromatic heterocycles. The lowest BCUT2D eigenvalue weighted by atomic mass is 10.2. The Morgan fingerprint density at radius 1 is 1.37 bits per heavy atom. The van der Waals surface area contributed by atoms with E-state index in [1.807, 2.05) is 13.8 Å². The average molecular weight is 296 g/mol. The van der Waals surface area contributed by atoms with Gasteiger partial charge in [-0.3, -0.25) is 4.79 Å². The minimum atomic E-state index is -0.330. The van der Waals surface area contributed by atoms with Crippen molar-refractivity contribution < 1.29 is 9.90 Å². The maximum absolute atomic E-state index is 12.0. The minimum absolute atomic E-state index is 0.0690. The number of carbonyl (C=O) groups is 1. The third kappa shape index (κ3) is 3.28. The monoisotopic (exact) mass is 295 g/mol. The van der Waals surface area contributed by atoms with Gasteiger partial charge in [0.25, 0.3) is 5.91 Å². The average Bonchev–Trinajstić information content (AvgIpc) is 2.69. The number of aryl methyl sites for hydroxylation is 2. The van der Waals surface area contributed by atoms with Gasteiger partial charge in [0.1, 0.15) is 5.75 Å². The Kier molecular flexibility index (Phi) is 4.12. The van der Waals surface area contributed by atoms with Gasteiger partial charge in [-0.15, -0.1) is 11.3 Å². The fraction of sp³-hybridized carbons (Fsp3) is 0.214. The molecule has 2 rings (SSSR count). The molecule has 100 valence electrons. The SMILES string of the molecule is Cc1cc(CNC(=O)c2cc(Cl)ccc2O)sc1C. The van der Waals surface area contributed by atoms with Gasteiger partial charge in [0.2, 0.25) is 0 Å². The Morgan fingerprint density at radius 3 is 2.74 bits per heavy atom. The number of amides is 1. The molecule has 0 fully saturated rings. The van der Waals surface area contributed by atoms with Crippen LogP contribution in [0.1, 0.15) is 25.7 Å². The van der Waals surface area contributed by atoms with Crippen LogP contribution >= 0.6 is 22.9 Å². The molecular formula is C14H14ClNO2S. The van der Waals surface area contributed by atoms with Crippen molar-refractivity contribution in [3.05, 3.63) is 50.2 Å². The van der Waals surface area contributed by atoms with E-state index in [2.05, 4.69) is 11.4 Å².